The van der Waals surface area contributed by atoms with Gasteiger partial charge in [0, 0.05) is 22.5 Å². The molecule has 0 radical (unpaired) electrons. The van der Waals surface area contributed by atoms with Crippen LogP contribution in [0.2, 0.25) is 0 Å². The molecule has 1 aliphatic rings. The lowest BCUT2D eigenvalue weighted by molar-refractivity contribution is 0.346. The van der Waals surface area contributed by atoms with Crippen molar-refractivity contribution in [2.75, 3.05) is 4.90 Å². The second kappa shape index (κ2) is 13.8. The Morgan fingerprint density at radius 2 is 0.848 bits per heavy atom. The molecule has 46 heavy (non-hydrogen) atoms. The van der Waals surface area contributed by atoms with Gasteiger partial charge in [0.15, 0.2) is 5.30 Å². The third kappa shape index (κ3) is 6.14. The smallest absolute Gasteiger partial charge is 0.311 e. The number of rotatable bonds is 9. The molecule has 0 bridgehead atoms. The van der Waals surface area contributed by atoms with Crippen molar-refractivity contribution in [2.24, 2.45) is 0 Å². The van der Waals surface area contributed by atoms with Gasteiger partial charge in [-0.05, 0) is 82.9 Å². The highest BCUT2D eigenvalue weighted by atomic mass is 31.4. The van der Waals surface area contributed by atoms with Gasteiger partial charge in [-0.3, -0.25) is 0 Å². The van der Waals surface area contributed by atoms with Crippen LogP contribution in [0.4, 0.5) is 17.1 Å². The highest BCUT2D eigenvalue weighted by Gasteiger charge is 2.40. The molecule has 1 aliphatic carbocycles. The lowest BCUT2D eigenvalue weighted by Crippen LogP contribution is -2.41. The van der Waals surface area contributed by atoms with Gasteiger partial charge in [-0.15, -0.1) is 0 Å². The zero-order valence-corrected chi connectivity index (χ0v) is 28.1. The van der Waals surface area contributed by atoms with Crippen molar-refractivity contribution in [3.05, 3.63) is 181 Å². The summed E-state index contributed by atoms with van der Waals surface area (Å²) < 4.78 is 14.3. The Kier molecular flexibility index (Phi) is 9.05. The van der Waals surface area contributed by atoms with E-state index in [-0.39, 0.29) is 5.41 Å². The molecular weight excluding hydrogens is 594 g/mol. The van der Waals surface area contributed by atoms with Crippen LogP contribution in [-0.4, -0.2) is 8.46 Å². The van der Waals surface area contributed by atoms with Gasteiger partial charge in [0.05, 0.1) is 0 Å². The van der Waals surface area contributed by atoms with Crippen molar-refractivity contribution in [1.29, 1.82) is 0 Å². The molecular formula is C42H39NOPSi+. The minimum absolute atomic E-state index is 0.0407. The van der Waals surface area contributed by atoms with Crippen LogP contribution in [0.15, 0.2) is 170 Å². The predicted octanol–water partition coefficient (Wildman–Crippen LogP) is 9.40. The van der Waals surface area contributed by atoms with Crippen molar-refractivity contribution in [3.8, 4) is 0 Å². The molecule has 1 fully saturated rings. The summed E-state index contributed by atoms with van der Waals surface area (Å²) >= 11 is 0. The Morgan fingerprint density at radius 1 is 0.457 bits per heavy atom. The molecule has 0 aromatic heterocycles. The van der Waals surface area contributed by atoms with E-state index in [1.807, 2.05) is 12.1 Å². The van der Waals surface area contributed by atoms with Gasteiger partial charge in [-0.25, -0.2) is 0 Å². The van der Waals surface area contributed by atoms with Crippen molar-refractivity contribution < 1.29 is 4.57 Å². The van der Waals surface area contributed by atoms with E-state index < -0.39 is 15.8 Å². The van der Waals surface area contributed by atoms with Gasteiger partial charge < -0.3 is 4.90 Å². The Hall–Kier alpha value is -4.56. The molecule has 1 atom stereocenters. The van der Waals surface area contributed by atoms with Gasteiger partial charge in [0.25, 0.3) is 0 Å². The molecule has 0 saturated heterocycles. The van der Waals surface area contributed by atoms with Crippen LogP contribution in [0, 0.1) is 0 Å². The highest BCUT2D eigenvalue weighted by molar-refractivity contribution is 7.90. The summed E-state index contributed by atoms with van der Waals surface area (Å²) in [6.07, 6.45) is 5.97. The molecule has 0 amide bonds. The monoisotopic (exact) mass is 632 g/mol. The van der Waals surface area contributed by atoms with Crippen LogP contribution < -0.4 is 20.6 Å². The van der Waals surface area contributed by atoms with E-state index in [1.54, 1.807) is 0 Å². The molecule has 0 spiro atoms. The summed E-state index contributed by atoms with van der Waals surface area (Å²) in [6, 6.07) is 60.3. The summed E-state index contributed by atoms with van der Waals surface area (Å²) in [5.74, 6) is 0. The summed E-state index contributed by atoms with van der Waals surface area (Å²) in [6.45, 7) is 0. The van der Waals surface area contributed by atoms with Crippen LogP contribution in [0.1, 0.15) is 43.2 Å². The number of anilines is 3. The summed E-state index contributed by atoms with van der Waals surface area (Å²) in [5.41, 5.74) is 6.11. The second-order valence-electron chi connectivity index (χ2n) is 12.3. The molecule has 4 heteroatoms. The summed E-state index contributed by atoms with van der Waals surface area (Å²) in [7, 11) is -3.53. The maximum atomic E-state index is 14.3. The predicted molar refractivity (Wildman–Crippen MR) is 198 cm³/mol. The van der Waals surface area contributed by atoms with E-state index in [4.69, 9.17) is 0 Å². The van der Waals surface area contributed by atoms with Gasteiger partial charge in [0.1, 0.15) is 0 Å². The summed E-state index contributed by atoms with van der Waals surface area (Å²) in [5, 5.41) is 3.41. The summed E-state index contributed by atoms with van der Waals surface area (Å²) in [4.78, 5) is 2.32. The highest BCUT2D eigenvalue weighted by Crippen LogP contribution is 2.46. The molecule has 2 nitrogen and oxygen atoms in total. The molecule has 0 aliphatic heterocycles. The number of hydrogen-bond donors (Lipinski definition) is 0. The van der Waals surface area contributed by atoms with E-state index in [0.717, 1.165) is 35.2 Å². The first-order chi connectivity index (χ1) is 22.7. The maximum absolute atomic E-state index is 14.3. The second-order valence-corrected chi connectivity index (χ2v) is 18.6. The number of nitrogens with zero attached hydrogens (tertiary/aromatic N) is 1. The third-order valence-electron chi connectivity index (χ3n) is 9.55. The normalized spacial score (nSPS) is 14.5. The van der Waals surface area contributed by atoms with E-state index in [2.05, 4.69) is 163 Å². The van der Waals surface area contributed by atoms with E-state index in [0.29, 0.717) is 0 Å². The first-order valence-corrected chi connectivity index (χ1v) is 20.4. The standard InChI is InChI=1S/C42H39NOPSi/c44-45(46(40-20-10-3-11-21-40)41-22-12-4-13-23-41)39-30-26-35(27-31-39)42(32-14-5-15-33-42)34-24-28-38(29-25-34)43(36-16-6-1-7-17-36)37-18-8-2-9-19-37/h1-4,6-13,16-31,46H,5,14-15,32-33H2/q+1. The Labute approximate surface area is 275 Å². The molecule has 1 saturated carbocycles. The van der Waals surface area contributed by atoms with Crippen LogP contribution in [-0.2, 0) is 9.98 Å². The topological polar surface area (TPSA) is 20.3 Å². The number of benzene rings is 6. The SMILES string of the molecule is O=[P+](c1ccc(C2(c3ccc(N(c4ccccc4)c4ccccc4)cc3)CCCCC2)cc1)[SiH](c1ccccc1)c1ccccc1. The third-order valence-corrected chi connectivity index (χ3v) is 17.0. The van der Waals surface area contributed by atoms with Crippen LogP contribution in [0.3, 0.4) is 0 Å². The van der Waals surface area contributed by atoms with Crippen molar-refractivity contribution in [2.45, 2.75) is 37.5 Å². The minimum atomic E-state index is -1.96. The molecule has 0 N–H and O–H groups in total. The van der Waals surface area contributed by atoms with Gasteiger partial charge >= 0.3 is 15.8 Å². The first kappa shape index (κ1) is 30.1. The van der Waals surface area contributed by atoms with Crippen molar-refractivity contribution in [1.82, 2.24) is 0 Å². The zero-order valence-electron chi connectivity index (χ0n) is 26.1. The maximum Gasteiger partial charge on any atom is 0.395 e. The van der Waals surface area contributed by atoms with Gasteiger partial charge in [0.2, 0.25) is 0 Å². The fourth-order valence-electron chi connectivity index (χ4n) is 7.24. The molecule has 7 rings (SSSR count). The lowest BCUT2D eigenvalue weighted by Gasteiger charge is -2.39. The molecule has 0 heterocycles. The van der Waals surface area contributed by atoms with Gasteiger partial charge in [-0.1, -0.05) is 145 Å². The Balaban J connectivity index is 1.22. The molecule has 6 aromatic carbocycles. The van der Waals surface area contributed by atoms with Crippen molar-refractivity contribution >= 4 is 48.6 Å². The van der Waals surface area contributed by atoms with Gasteiger partial charge in [-0.2, -0.15) is 0 Å². The average Bonchev–Trinajstić information content (AvgIpc) is 3.14. The average molecular weight is 633 g/mol. The molecule has 6 aromatic rings. The van der Waals surface area contributed by atoms with Crippen LogP contribution in [0.5, 0.6) is 0 Å². The Morgan fingerprint density at radius 3 is 1.30 bits per heavy atom. The lowest BCUT2D eigenvalue weighted by atomic mass is 9.65. The molecule has 1 unspecified atom stereocenters. The van der Waals surface area contributed by atoms with E-state index >= 15 is 0 Å². The molecule has 226 valence electrons. The van der Waals surface area contributed by atoms with E-state index in [1.165, 1.54) is 40.8 Å². The Bertz CT molecular complexity index is 1780. The fraction of sp³-hybridized carbons (Fsp3) is 0.143. The number of para-hydroxylation sites is 2. The largest absolute Gasteiger partial charge is 0.395 e. The number of hydrogen-bond acceptors (Lipinski definition) is 2. The van der Waals surface area contributed by atoms with Crippen LogP contribution in [0.25, 0.3) is 0 Å². The minimum Gasteiger partial charge on any atom is -0.311 e. The zero-order chi connectivity index (χ0) is 31.2. The fourth-order valence-corrected chi connectivity index (χ4v) is 14.2. The first-order valence-electron chi connectivity index (χ1n) is 16.4. The quantitative estimate of drug-likeness (QED) is 0.117. The van der Waals surface area contributed by atoms with Crippen molar-refractivity contribution in [3.63, 3.8) is 0 Å². The van der Waals surface area contributed by atoms with E-state index in [9.17, 15) is 4.57 Å². The van der Waals surface area contributed by atoms with Crippen LogP contribution >= 0.6 is 7.35 Å².